The van der Waals surface area contributed by atoms with Crippen molar-refractivity contribution in [1.82, 2.24) is 14.4 Å². The molecule has 162 valence electrons. The molecule has 0 aliphatic rings. The fourth-order valence-corrected chi connectivity index (χ4v) is 3.49. The minimum Gasteiger partial charge on any atom is -0.467 e. The number of carbonyl (C=O) groups is 2. The van der Waals surface area contributed by atoms with E-state index in [0.717, 1.165) is 10.2 Å². The summed E-state index contributed by atoms with van der Waals surface area (Å²) in [5.74, 6) is 0.486. The summed E-state index contributed by atoms with van der Waals surface area (Å²) in [4.78, 5) is 29.1. The molecule has 2 aromatic heterocycles. The number of nitrogens with one attached hydrogen (secondary N) is 1. The van der Waals surface area contributed by atoms with Crippen molar-refractivity contribution in [3.8, 4) is 0 Å². The van der Waals surface area contributed by atoms with E-state index >= 15 is 0 Å². The van der Waals surface area contributed by atoms with Gasteiger partial charge in [-0.1, -0.05) is 28.1 Å². The van der Waals surface area contributed by atoms with Gasteiger partial charge in [-0.15, -0.1) is 6.58 Å². The Morgan fingerprint density at radius 1 is 1.16 bits per heavy atom. The molecule has 2 heterocycles. The third kappa shape index (κ3) is 6.36. The van der Waals surface area contributed by atoms with E-state index in [2.05, 4.69) is 27.8 Å². The standard InChI is InChI=1S/C23H25BrN4O3/c1-3-11-27(23(30)25-19-8-4-7-18(24)14-19)17-22(29)28(16-21-10-6-13-31-21)15-20-9-5-12-26(20)2/h3-10,12-14H,1,11,15-17H2,2H3,(H,25,30). The Labute approximate surface area is 190 Å². The van der Waals surface area contributed by atoms with Crippen LogP contribution in [-0.2, 0) is 24.9 Å². The Hall–Kier alpha value is -3.26. The predicted molar refractivity (Wildman–Crippen MR) is 123 cm³/mol. The van der Waals surface area contributed by atoms with Crippen molar-refractivity contribution in [3.63, 3.8) is 0 Å². The van der Waals surface area contributed by atoms with Crippen LogP contribution in [0.4, 0.5) is 10.5 Å². The summed E-state index contributed by atoms with van der Waals surface area (Å²) in [6.45, 7) is 4.58. The van der Waals surface area contributed by atoms with Gasteiger partial charge in [0.05, 0.1) is 19.4 Å². The molecule has 1 aromatic carbocycles. The number of nitrogens with zero attached hydrogens (tertiary/aromatic N) is 3. The van der Waals surface area contributed by atoms with Crippen LogP contribution >= 0.6 is 15.9 Å². The smallest absolute Gasteiger partial charge is 0.322 e. The zero-order valence-electron chi connectivity index (χ0n) is 17.3. The van der Waals surface area contributed by atoms with Gasteiger partial charge in [-0.2, -0.15) is 0 Å². The first-order valence-corrected chi connectivity index (χ1v) is 10.6. The van der Waals surface area contributed by atoms with E-state index in [-0.39, 0.29) is 25.0 Å². The molecule has 31 heavy (non-hydrogen) atoms. The fraction of sp³-hybridized carbons (Fsp3) is 0.217. The zero-order valence-corrected chi connectivity index (χ0v) is 18.9. The van der Waals surface area contributed by atoms with E-state index < -0.39 is 0 Å². The van der Waals surface area contributed by atoms with Gasteiger partial charge in [0.15, 0.2) is 0 Å². The molecule has 3 aromatic rings. The number of furan rings is 1. The molecule has 0 radical (unpaired) electrons. The van der Waals surface area contributed by atoms with Crippen LogP contribution in [0.2, 0.25) is 0 Å². The Kier molecular flexibility index (Phi) is 7.72. The topological polar surface area (TPSA) is 70.7 Å². The van der Waals surface area contributed by atoms with Gasteiger partial charge in [0.25, 0.3) is 0 Å². The number of rotatable bonds is 9. The molecule has 0 fully saturated rings. The highest BCUT2D eigenvalue weighted by Crippen LogP contribution is 2.17. The Balaban J connectivity index is 1.73. The molecule has 0 bridgehead atoms. The number of anilines is 1. The lowest BCUT2D eigenvalue weighted by Gasteiger charge is -2.27. The highest BCUT2D eigenvalue weighted by molar-refractivity contribution is 9.10. The number of benzene rings is 1. The summed E-state index contributed by atoms with van der Waals surface area (Å²) >= 11 is 3.39. The average molecular weight is 485 g/mol. The Morgan fingerprint density at radius 3 is 2.65 bits per heavy atom. The second kappa shape index (κ2) is 10.7. The minimum absolute atomic E-state index is 0.0863. The number of hydrogen-bond acceptors (Lipinski definition) is 3. The Bertz CT molecular complexity index is 1030. The molecule has 0 unspecified atom stereocenters. The molecular formula is C23H25BrN4O3. The molecular weight excluding hydrogens is 460 g/mol. The summed E-state index contributed by atoms with van der Waals surface area (Å²) in [7, 11) is 1.93. The number of carbonyl (C=O) groups excluding carboxylic acids is 2. The van der Waals surface area contributed by atoms with Gasteiger partial charge >= 0.3 is 6.03 Å². The van der Waals surface area contributed by atoms with E-state index in [9.17, 15) is 9.59 Å². The fourth-order valence-electron chi connectivity index (χ4n) is 3.09. The first-order chi connectivity index (χ1) is 15.0. The van der Waals surface area contributed by atoms with E-state index in [0.29, 0.717) is 24.5 Å². The van der Waals surface area contributed by atoms with Crippen LogP contribution < -0.4 is 5.32 Å². The molecule has 0 aliphatic carbocycles. The third-order valence-electron chi connectivity index (χ3n) is 4.72. The number of halogens is 1. The van der Waals surface area contributed by atoms with E-state index in [1.165, 1.54) is 4.90 Å². The van der Waals surface area contributed by atoms with Crippen molar-refractivity contribution in [2.45, 2.75) is 13.1 Å². The maximum absolute atomic E-state index is 13.2. The highest BCUT2D eigenvalue weighted by atomic mass is 79.9. The van der Waals surface area contributed by atoms with Crippen molar-refractivity contribution in [1.29, 1.82) is 0 Å². The number of aromatic nitrogens is 1. The van der Waals surface area contributed by atoms with Crippen LogP contribution in [-0.4, -0.2) is 39.4 Å². The molecule has 0 atom stereocenters. The molecule has 0 saturated carbocycles. The van der Waals surface area contributed by atoms with Gasteiger partial charge in [0.2, 0.25) is 5.91 Å². The SMILES string of the molecule is C=CCN(CC(=O)N(Cc1ccco1)Cc1cccn1C)C(=O)Nc1cccc(Br)c1. The maximum Gasteiger partial charge on any atom is 0.322 e. The molecule has 1 N–H and O–H groups in total. The monoisotopic (exact) mass is 484 g/mol. The maximum atomic E-state index is 13.2. The van der Waals surface area contributed by atoms with Crippen LogP contribution in [0.3, 0.4) is 0 Å². The van der Waals surface area contributed by atoms with E-state index in [4.69, 9.17) is 4.42 Å². The van der Waals surface area contributed by atoms with Crippen LogP contribution in [0.15, 0.2) is 82.5 Å². The molecule has 0 saturated heterocycles. The Morgan fingerprint density at radius 2 is 2.00 bits per heavy atom. The van der Waals surface area contributed by atoms with E-state index in [1.807, 2.05) is 48.1 Å². The van der Waals surface area contributed by atoms with Crippen molar-refractivity contribution < 1.29 is 14.0 Å². The van der Waals surface area contributed by atoms with Gasteiger partial charge in [0, 0.05) is 35.6 Å². The van der Waals surface area contributed by atoms with Crippen molar-refractivity contribution in [2.24, 2.45) is 7.05 Å². The molecule has 3 amide bonds. The lowest BCUT2D eigenvalue weighted by Crippen LogP contribution is -2.44. The van der Waals surface area contributed by atoms with Gasteiger partial charge in [-0.25, -0.2) is 4.79 Å². The van der Waals surface area contributed by atoms with Crippen molar-refractivity contribution >= 4 is 33.6 Å². The summed E-state index contributed by atoms with van der Waals surface area (Å²) in [6.07, 6.45) is 5.11. The van der Waals surface area contributed by atoms with Gasteiger partial charge in [0.1, 0.15) is 12.3 Å². The first-order valence-electron chi connectivity index (χ1n) is 9.79. The minimum atomic E-state index is -0.372. The van der Waals surface area contributed by atoms with Gasteiger partial charge in [-0.05, 0) is 42.5 Å². The van der Waals surface area contributed by atoms with Gasteiger partial charge in [-0.3, -0.25) is 4.79 Å². The molecule has 0 spiro atoms. The van der Waals surface area contributed by atoms with Crippen LogP contribution in [0, 0.1) is 0 Å². The number of amides is 3. The van der Waals surface area contributed by atoms with Crippen molar-refractivity contribution in [3.05, 3.63) is 89.6 Å². The largest absolute Gasteiger partial charge is 0.467 e. The molecule has 7 nitrogen and oxygen atoms in total. The van der Waals surface area contributed by atoms with E-state index in [1.54, 1.807) is 35.4 Å². The quantitative estimate of drug-likeness (QED) is 0.450. The summed E-state index contributed by atoms with van der Waals surface area (Å²) < 4.78 is 8.25. The number of aryl methyl sites for hydroxylation is 1. The summed E-state index contributed by atoms with van der Waals surface area (Å²) in [6, 6.07) is 14.4. The summed E-state index contributed by atoms with van der Waals surface area (Å²) in [5, 5.41) is 2.83. The lowest BCUT2D eigenvalue weighted by molar-refractivity contribution is -0.133. The normalized spacial score (nSPS) is 10.5. The average Bonchev–Trinajstić information content (AvgIpc) is 3.39. The van der Waals surface area contributed by atoms with Crippen LogP contribution in [0.5, 0.6) is 0 Å². The predicted octanol–water partition coefficient (Wildman–Crippen LogP) is 4.63. The first kappa shape index (κ1) is 22.4. The third-order valence-corrected chi connectivity index (χ3v) is 5.22. The highest BCUT2D eigenvalue weighted by Gasteiger charge is 2.22. The summed E-state index contributed by atoms with van der Waals surface area (Å²) in [5.41, 5.74) is 1.62. The van der Waals surface area contributed by atoms with Gasteiger partial charge < -0.3 is 24.1 Å². The van der Waals surface area contributed by atoms with Crippen LogP contribution in [0.1, 0.15) is 11.5 Å². The number of urea groups is 1. The van der Waals surface area contributed by atoms with Crippen LogP contribution in [0.25, 0.3) is 0 Å². The van der Waals surface area contributed by atoms with Crippen molar-refractivity contribution in [2.75, 3.05) is 18.4 Å². The number of hydrogen-bond donors (Lipinski definition) is 1. The lowest BCUT2D eigenvalue weighted by atomic mass is 10.3. The second-order valence-electron chi connectivity index (χ2n) is 7.05. The zero-order chi connectivity index (χ0) is 22.2. The second-order valence-corrected chi connectivity index (χ2v) is 7.96. The molecule has 0 aliphatic heterocycles. The molecule has 8 heteroatoms. The molecule has 3 rings (SSSR count).